The Kier molecular flexibility index (Phi) is 5.71. The van der Waals surface area contributed by atoms with Crippen molar-refractivity contribution in [2.45, 2.75) is 38.3 Å². The highest BCUT2D eigenvalue weighted by molar-refractivity contribution is 5.84. The van der Waals surface area contributed by atoms with Crippen LogP contribution in [0.1, 0.15) is 32.1 Å². The van der Waals surface area contributed by atoms with Gasteiger partial charge in [-0.05, 0) is 58.3 Å². The highest BCUT2D eigenvalue weighted by Gasteiger charge is 2.63. The van der Waals surface area contributed by atoms with E-state index in [1.165, 1.54) is 0 Å². The molecule has 0 unspecified atom stereocenters. The van der Waals surface area contributed by atoms with E-state index in [2.05, 4.69) is 15.5 Å². The molecule has 2 N–H and O–H groups in total. The highest BCUT2D eigenvalue weighted by Crippen LogP contribution is 2.53. The van der Waals surface area contributed by atoms with Crippen LogP contribution in [0.5, 0.6) is 0 Å². The molecule has 128 valence electrons. The number of carbonyl (C=O) groups is 1. The molecule has 0 aromatic heterocycles. The summed E-state index contributed by atoms with van der Waals surface area (Å²) >= 11 is 0. The molecule has 1 heterocycles. The molecule has 0 aromatic carbocycles. The van der Waals surface area contributed by atoms with Gasteiger partial charge in [0.15, 0.2) is 0 Å². The van der Waals surface area contributed by atoms with Gasteiger partial charge in [-0.2, -0.15) is 13.2 Å². The van der Waals surface area contributed by atoms with E-state index >= 15 is 0 Å². The fourth-order valence-electron chi connectivity index (χ4n) is 3.37. The summed E-state index contributed by atoms with van der Waals surface area (Å²) in [5.74, 6) is -0.157. The van der Waals surface area contributed by atoms with Crippen molar-refractivity contribution >= 4 is 5.91 Å². The molecule has 0 aromatic rings. The number of hydrogen-bond acceptors (Lipinski definition) is 3. The SMILES string of the molecule is CNCC1CCN(CCNC(=O)C2(C(F)(F)F)CCC2)CC1. The number of nitrogens with zero attached hydrogens (tertiary/aromatic N) is 1. The summed E-state index contributed by atoms with van der Waals surface area (Å²) in [7, 11) is 1.94. The minimum atomic E-state index is -4.43. The molecule has 2 rings (SSSR count). The van der Waals surface area contributed by atoms with Crippen molar-refractivity contribution in [2.24, 2.45) is 11.3 Å². The van der Waals surface area contributed by atoms with Crippen molar-refractivity contribution < 1.29 is 18.0 Å². The molecule has 1 saturated heterocycles. The number of likely N-dealkylation sites (tertiary alicyclic amines) is 1. The molecular formula is C15H26F3N3O. The van der Waals surface area contributed by atoms with Crippen LogP contribution in [0.2, 0.25) is 0 Å². The Morgan fingerprint density at radius 3 is 2.36 bits per heavy atom. The lowest BCUT2D eigenvalue weighted by Gasteiger charge is -2.41. The number of rotatable bonds is 6. The maximum atomic E-state index is 13.0. The standard InChI is InChI=1S/C15H26F3N3O/c1-19-11-12-3-8-21(9-4-12)10-7-20-13(22)14(5-2-6-14)15(16,17)18/h12,19H,2-11H2,1H3,(H,20,22). The van der Waals surface area contributed by atoms with Gasteiger partial charge in [0.2, 0.25) is 5.91 Å². The summed E-state index contributed by atoms with van der Waals surface area (Å²) in [6.07, 6.45) is -1.90. The predicted octanol–water partition coefficient (Wildman–Crippen LogP) is 1.77. The quantitative estimate of drug-likeness (QED) is 0.784. The van der Waals surface area contributed by atoms with Crippen molar-refractivity contribution in [3.8, 4) is 0 Å². The van der Waals surface area contributed by atoms with Gasteiger partial charge in [0.25, 0.3) is 0 Å². The van der Waals surface area contributed by atoms with E-state index in [1.807, 2.05) is 7.05 Å². The van der Waals surface area contributed by atoms with Gasteiger partial charge in [-0.15, -0.1) is 0 Å². The fourth-order valence-corrected chi connectivity index (χ4v) is 3.37. The van der Waals surface area contributed by atoms with Crippen LogP contribution in [-0.2, 0) is 4.79 Å². The molecule has 0 atom stereocenters. The molecular weight excluding hydrogens is 295 g/mol. The van der Waals surface area contributed by atoms with Crippen LogP contribution >= 0.6 is 0 Å². The fraction of sp³-hybridized carbons (Fsp3) is 0.933. The van der Waals surface area contributed by atoms with Crippen LogP contribution in [-0.4, -0.2) is 56.8 Å². The van der Waals surface area contributed by atoms with Crippen molar-refractivity contribution in [1.82, 2.24) is 15.5 Å². The van der Waals surface area contributed by atoms with Crippen LogP contribution < -0.4 is 10.6 Å². The lowest BCUT2D eigenvalue weighted by atomic mass is 9.67. The number of piperidine rings is 1. The molecule has 2 aliphatic rings. The molecule has 4 nitrogen and oxygen atoms in total. The molecule has 1 aliphatic heterocycles. The monoisotopic (exact) mass is 321 g/mol. The Bertz CT molecular complexity index is 375. The summed E-state index contributed by atoms with van der Waals surface area (Å²) in [4.78, 5) is 14.1. The topological polar surface area (TPSA) is 44.4 Å². The average Bonchev–Trinajstić information content (AvgIpc) is 2.38. The normalized spacial score (nSPS) is 23.1. The van der Waals surface area contributed by atoms with Crippen molar-refractivity contribution in [2.75, 3.05) is 39.8 Å². The molecule has 1 amide bonds. The first kappa shape index (κ1) is 17.5. The smallest absolute Gasteiger partial charge is 0.354 e. The van der Waals surface area contributed by atoms with Crippen molar-refractivity contribution in [1.29, 1.82) is 0 Å². The third kappa shape index (κ3) is 3.74. The van der Waals surface area contributed by atoms with E-state index in [9.17, 15) is 18.0 Å². The summed E-state index contributed by atoms with van der Waals surface area (Å²) in [6, 6.07) is 0. The van der Waals surface area contributed by atoms with Gasteiger partial charge in [0, 0.05) is 13.1 Å². The lowest BCUT2D eigenvalue weighted by molar-refractivity contribution is -0.243. The molecule has 0 bridgehead atoms. The van der Waals surface area contributed by atoms with Gasteiger partial charge in [-0.1, -0.05) is 6.42 Å². The highest BCUT2D eigenvalue weighted by atomic mass is 19.4. The molecule has 22 heavy (non-hydrogen) atoms. The van der Waals surface area contributed by atoms with E-state index in [4.69, 9.17) is 0 Å². The minimum absolute atomic E-state index is 0.0717. The number of carbonyl (C=O) groups excluding carboxylic acids is 1. The van der Waals surface area contributed by atoms with Crippen LogP contribution in [0.4, 0.5) is 13.2 Å². The van der Waals surface area contributed by atoms with Gasteiger partial charge in [0.05, 0.1) is 0 Å². The summed E-state index contributed by atoms with van der Waals surface area (Å²) in [5.41, 5.74) is -2.12. The number of amides is 1. The summed E-state index contributed by atoms with van der Waals surface area (Å²) in [6.45, 7) is 3.84. The first-order valence-corrected chi connectivity index (χ1v) is 8.11. The Hall–Kier alpha value is -0.820. The number of halogens is 3. The van der Waals surface area contributed by atoms with Crippen LogP contribution in [0.25, 0.3) is 0 Å². The largest absolute Gasteiger partial charge is 0.403 e. The van der Waals surface area contributed by atoms with Gasteiger partial charge in [0.1, 0.15) is 5.41 Å². The van der Waals surface area contributed by atoms with Gasteiger partial charge < -0.3 is 15.5 Å². The Labute approximate surface area is 129 Å². The first-order chi connectivity index (χ1) is 10.4. The van der Waals surface area contributed by atoms with Crippen molar-refractivity contribution in [3.05, 3.63) is 0 Å². The van der Waals surface area contributed by atoms with E-state index in [0.29, 0.717) is 25.4 Å². The summed E-state index contributed by atoms with van der Waals surface area (Å²) in [5, 5.41) is 5.67. The maximum Gasteiger partial charge on any atom is 0.403 e. The third-order valence-electron chi connectivity index (χ3n) is 5.10. The molecule has 1 aliphatic carbocycles. The molecule has 2 fully saturated rings. The number of hydrogen-bond donors (Lipinski definition) is 2. The zero-order valence-electron chi connectivity index (χ0n) is 13.1. The van der Waals surface area contributed by atoms with Gasteiger partial charge >= 0.3 is 6.18 Å². The predicted molar refractivity (Wildman–Crippen MR) is 78.4 cm³/mol. The molecule has 0 spiro atoms. The molecule has 0 radical (unpaired) electrons. The van der Waals surface area contributed by atoms with Gasteiger partial charge in [-0.3, -0.25) is 4.79 Å². The number of nitrogens with one attached hydrogen (secondary N) is 2. The zero-order chi connectivity index (χ0) is 16.2. The molecule has 7 heteroatoms. The average molecular weight is 321 g/mol. The van der Waals surface area contributed by atoms with Crippen LogP contribution in [0.15, 0.2) is 0 Å². The van der Waals surface area contributed by atoms with Crippen LogP contribution in [0, 0.1) is 11.3 Å². The van der Waals surface area contributed by atoms with Crippen molar-refractivity contribution in [3.63, 3.8) is 0 Å². The molecule has 1 saturated carbocycles. The van der Waals surface area contributed by atoms with E-state index in [1.54, 1.807) is 0 Å². The second-order valence-corrected chi connectivity index (χ2v) is 6.53. The van der Waals surface area contributed by atoms with Gasteiger partial charge in [-0.25, -0.2) is 0 Å². The summed E-state index contributed by atoms with van der Waals surface area (Å²) < 4.78 is 39.1. The zero-order valence-corrected chi connectivity index (χ0v) is 13.1. The second-order valence-electron chi connectivity index (χ2n) is 6.53. The maximum absolute atomic E-state index is 13.0. The van der Waals surface area contributed by atoms with E-state index < -0.39 is 17.5 Å². The third-order valence-corrected chi connectivity index (χ3v) is 5.10. The van der Waals surface area contributed by atoms with Crippen LogP contribution in [0.3, 0.4) is 0 Å². The minimum Gasteiger partial charge on any atom is -0.354 e. The second kappa shape index (κ2) is 7.17. The lowest BCUT2D eigenvalue weighted by Crippen LogP contribution is -2.55. The Morgan fingerprint density at radius 1 is 1.27 bits per heavy atom. The first-order valence-electron chi connectivity index (χ1n) is 8.11. The number of alkyl halides is 3. The Balaban J connectivity index is 1.70. The Morgan fingerprint density at radius 2 is 1.91 bits per heavy atom. The van der Waals surface area contributed by atoms with E-state index in [0.717, 1.165) is 32.5 Å². The van der Waals surface area contributed by atoms with E-state index in [-0.39, 0.29) is 12.8 Å².